The summed E-state index contributed by atoms with van der Waals surface area (Å²) in [5.74, 6) is -0.197. The number of nitrogens with one attached hydrogen (secondary N) is 1. The largest absolute Gasteiger partial charge is 0.377 e. The molecule has 0 saturated heterocycles. The highest BCUT2D eigenvalue weighted by Crippen LogP contribution is 2.19. The molecule has 0 fully saturated rings. The van der Waals surface area contributed by atoms with E-state index in [0.29, 0.717) is 6.61 Å². The van der Waals surface area contributed by atoms with Gasteiger partial charge >= 0.3 is 0 Å². The van der Waals surface area contributed by atoms with Crippen molar-refractivity contribution in [3.8, 4) is 0 Å². The number of benzene rings is 1. The lowest BCUT2D eigenvalue weighted by atomic mass is 9.98. The molecule has 0 saturated carbocycles. The average Bonchev–Trinajstić information content (AvgIpc) is 2.42. The van der Waals surface area contributed by atoms with Crippen LogP contribution in [0.15, 0.2) is 22.7 Å². The zero-order chi connectivity index (χ0) is 15.7. The van der Waals surface area contributed by atoms with Gasteiger partial charge in [-0.2, -0.15) is 0 Å². The van der Waals surface area contributed by atoms with Crippen LogP contribution in [0.25, 0.3) is 0 Å². The van der Waals surface area contributed by atoms with E-state index in [9.17, 15) is 4.39 Å². The van der Waals surface area contributed by atoms with Crippen molar-refractivity contribution >= 4 is 15.9 Å². The van der Waals surface area contributed by atoms with E-state index in [4.69, 9.17) is 4.74 Å². The van der Waals surface area contributed by atoms with Gasteiger partial charge in [0.05, 0.1) is 6.10 Å². The van der Waals surface area contributed by atoms with Crippen LogP contribution in [0.3, 0.4) is 0 Å². The van der Waals surface area contributed by atoms with E-state index in [1.807, 2.05) is 13.0 Å². The molecule has 1 rings (SSSR count). The first-order valence-electron chi connectivity index (χ1n) is 7.90. The third-order valence-electron chi connectivity index (χ3n) is 3.44. The van der Waals surface area contributed by atoms with Crippen molar-refractivity contribution in [2.75, 3.05) is 13.2 Å². The third kappa shape index (κ3) is 6.90. The molecule has 2 nitrogen and oxygen atoms in total. The molecule has 4 heteroatoms. The molecule has 2 atom stereocenters. The number of rotatable bonds is 10. The van der Waals surface area contributed by atoms with Crippen LogP contribution in [0.1, 0.15) is 45.6 Å². The standard InChI is InChI=1S/C17H27BrFNO/c1-4-7-17(21-6-3)16(20-8-5-2)11-13-9-14(18)12-15(19)10-13/h9-10,12,16-17,20H,4-8,11H2,1-3H3. The molecule has 0 amide bonds. The number of hydrogen-bond donors (Lipinski definition) is 1. The van der Waals surface area contributed by atoms with Gasteiger partial charge in [0.15, 0.2) is 0 Å². The Hall–Kier alpha value is -0.450. The summed E-state index contributed by atoms with van der Waals surface area (Å²) in [6.45, 7) is 8.01. The molecule has 120 valence electrons. The molecule has 0 heterocycles. The second kappa shape index (κ2) is 10.3. The van der Waals surface area contributed by atoms with Crippen LogP contribution in [0.2, 0.25) is 0 Å². The molecular weight excluding hydrogens is 333 g/mol. The van der Waals surface area contributed by atoms with Gasteiger partial charge in [0.2, 0.25) is 0 Å². The van der Waals surface area contributed by atoms with Crippen molar-refractivity contribution in [2.24, 2.45) is 0 Å². The van der Waals surface area contributed by atoms with Crippen LogP contribution in [0.4, 0.5) is 4.39 Å². The van der Waals surface area contributed by atoms with Gasteiger partial charge < -0.3 is 10.1 Å². The van der Waals surface area contributed by atoms with Gasteiger partial charge in [0.1, 0.15) is 5.82 Å². The Kier molecular flexibility index (Phi) is 9.13. The highest BCUT2D eigenvalue weighted by molar-refractivity contribution is 9.10. The predicted octanol–water partition coefficient (Wildman–Crippen LogP) is 4.70. The summed E-state index contributed by atoms with van der Waals surface area (Å²) in [5, 5.41) is 3.56. The van der Waals surface area contributed by atoms with E-state index >= 15 is 0 Å². The monoisotopic (exact) mass is 359 g/mol. The number of hydrogen-bond acceptors (Lipinski definition) is 2. The highest BCUT2D eigenvalue weighted by Gasteiger charge is 2.21. The topological polar surface area (TPSA) is 21.3 Å². The summed E-state index contributed by atoms with van der Waals surface area (Å²) < 4.78 is 20.2. The second-order valence-corrected chi connectivity index (χ2v) is 6.24. The van der Waals surface area contributed by atoms with Gasteiger partial charge in [0, 0.05) is 17.1 Å². The molecule has 1 N–H and O–H groups in total. The SMILES string of the molecule is CCCNC(Cc1cc(F)cc(Br)c1)C(CCC)OCC. The van der Waals surface area contributed by atoms with Crippen LogP contribution in [0.5, 0.6) is 0 Å². The Balaban J connectivity index is 2.84. The molecule has 1 aromatic rings. The minimum Gasteiger partial charge on any atom is -0.377 e. The molecule has 0 aliphatic carbocycles. The number of halogens is 2. The zero-order valence-electron chi connectivity index (χ0n) is 13.3. The van der Waals surface area contributed by atoms with Crippen molar-refractivity contribution in [1.29, 1.82) is 0 Å². The van der Waals surface area contributed by atoms with Crippen molar-refractivity contribution in [3.05, 3.63) is 34.1 Å². The van der Waals surface area contributed by atoms with Crippen LogP contribution in [-0.2, 0) is 11.2 Å². The average molecular weight is 360 g/mol. The lowest BCUT2D eigenvalue weighted by Gasteiger charge is -2.28. The normalized spacial score (nSPS) is 14.1. The summed E-state index contributed by atoms with van der Waals surface area (Å²) in [6, 6.07) is 5.31. The minimum atomic E-state index is -0.197. The molecule has 21 heavy (non-hydrogen) atoms. The first-order chi connectivity index (χ1) is 10.1. The molecule has 2 unspecified atom stereocenters. The van der Waals surface area contributed by atoms with Crippen molar-refractivity contribution in [3.63, 3.8) is 0 Å². The van der Waals surface area contributed by atoms with Crippen molar-refractivity contribution in [1.82, 2.24) is 5.32 Å². The maximum atomic E-state index is 13.5. The van der Waals surface area contributed by atoms with Crippen LogP contribution in [0, 0.1) is 5.82 Å². The quantitative estimate of drug-likeness (QED) is 0.653. The molecule has 0 aliphatic rings. The Morgan fingerprint density at radius 1 is 1.19 bits per heavy atom. The Labute approximate surface area is 136 Å². The smallest absolute Gasteiger partial charge is 0.124 e. The zero-order valence-corrected chi connectivity index (χ0v) is 14.9. The van der Waals surface area contributed by atoms with Crippen LogP contribution < -0.4 is 5.32 Å². The van der Waals surface area contributed by atoms with Crippen molar-refractivity contribution < 1.29 is 9.13 Å². The van der Waals surface area contributed by atoms with E-state index in [1.54, 1.807) is 6.07 Å². The molecule has 0 aromatic heterocycles. The third-order valence-corrected chi connectivity index (χ3v) is 3.90. The summed E-state index contributed by atoms with van der Waals surface area (Å²) in [7, 11) is 0. The van der Waals surface area contributed by atoms with Gasteiger partial charge in [-0.3, -0.25) is 0 Å². The minimum absolute atomic E-state index is 0.175. The molecular formula is C17H27BrFNO. The van der Waals surface area contributed by atoms with E-state index < -0.39 is 0 Å². The van der Waals surface area contributed by atoms with Gasteiger partial charge in [-0.1, -0.05) is 36.2 Å². The summed E-state index contributed by atoms with van der Waals surface area (Å²) >= 11 is 3.36. The molecule has 0 spiro atoms. The van der Waals surface area contributed by atoms with Gasteiger partial charge in [0.25, 0.3) is 0 Å². The highest BCUT2D eigenvalue weighted by atomic mass is 79.9. The van der Waals surface area contributed by atoms with E-state index in [-0.39, 0.29) is 18.0 Å². The van der Waals surface area contributed by atoms with E-state index in [2.05, 4.69) is 35.1 Å². The van der Waals surface area contributed by atoms with Crippen molar-refractivity contribution in [2.45, 2.75) is 58.6 Å². The first kappa shape index (κ1) is 18.6. The Bertz CT molecular complexity index is 388. The summed E-state index contributed by atoms with van der Waals surface area (Å²) in [5.41, 5.74) is 0.997. The van der Waals surface area contributed by atoms with E-state index in [0.717, 1.165) is 42.3 Å². The summed E-state index contributed by atoms with van der Waals surface area (Å²) in [6.07, 6.45) is 4.14. The predicted molar refractivity (Wildman–Crippen MR) is 90.2 cm³/mol. The Morgan fingerprint density at radius 3 is 2.52 bits per heavy atom. The first-order valence-corrected chi connectivity index (χ1v) is 8.69. The maximum Gasteiger partial charge on any atom is 0.124 e. The lowest BCUT2D eigenvalue weighted by molar-refractivity contribution is 0.0282. The van der Waals surface area contributed by atoms with Crippen LogP contribution in [-0.4, -0.2) is 25.3 Å². The lowest BCUT2D eigenvalue weighted by Crippen LogP contribution is -2.43. The van der Waals surface area contributed by atoms with E-state index in [1.165, 1.54) is 6.07 Å². The fourth-order valence-corrected chi connectivity index (χ4v) is 3.06. The molecule has 1 aromatic carbocycles. The Morgan fingerprint density at radius 2 is 1.95 bits per heavy atom. The van der Waals surface area contributed by atoms with Gasteiger partial charge in [-0.15, -0.1) is 0 Å². The van der Waals surface area contributed by atoms with Gasteiger partial charge in [-0.05, 0) is 56.5 Å². The number of ether oxygens (including phenoxy) is 1. The molecule has 0 bridgehead atoms. The molecule has 0 radical (unpaired) electrons. The maximum absolute atomic E-state index is 13.5. The second-order valence-electron chi connectivity index (χ2n) is 5.32. The summed E-state index contributed by atoms with van der Waals surface area (Å²) in [4.78, 5) is 0. The molecule has 0 aliphatic heterocycles. The van der Waals surface area contributed by atoms with Crippen LogP contribution >= 0.6 is 15.9 Å². The van der Waals surface area contributed by atoms with Gasteiger partial charge in [-0.25, -0.2) is 4.39 Å². The fourth-order valence-electron chi connectivity index (χ4n) is 2.55. The fraction of sp³-hybridized carbons (Fsp3) is 0.647.